The van der Waals surface area contributed by atoms with E-state index in [9.17, 15) is 4.79 Å². The van der Waals surface area contributed by atoms with E-state index >= 15 is 0 Å². The summed E-state index contributed by atoms with van der Waals surface area (Å²) in [6.07, 6.45) is 0. The Bertz CT molecular complexity index is 301. The van der Waals surface area contributed by atoms with Gasteiger partial charge in [-0.1, -0.05) is 30.3 Å². The third-order valence-corrected chi connectivity index (χ3v) is 4.92. The molecule has 0 saturated heterocycles. The van der Waals surface area contributed by atoms with Crippen LogP contribution in [0.25, 0.3) is 0 Å². The Kier molecular flexibility index (Phi) is 7.29. The molecule has 1 rings (SSSR count). The van der Waals surface area contributed by atoms with Crippen LogP contribution < -0.4 is 5.19 Å². The van der Waals surface area contributed by atoms with Crippen molar-refractivity contribution in [2.24, 2.45) is 0 Å². The number of hydrogen-bond donors (Lipinski definition) is 0. The summed E-state index contributed by atoms with van der Waals surface area (Å²) in [5.41, 5.74) is 0. The van der Waals surface area contributed by atoms with Crippen LogP contribution in [-0.4, -0.2) is 22.5 Å². The summed E-state index contributed by atoms with van der Waals surface area (Å²) in [7, 11) is 0.524. The summed E-state index contributed by atoms with van der Waals surface area (Å²) in [5.74, 6) is -0.184. The molecule has 0 radical (unpaired) electrons. The molecule has 1 aromatic rings. The molecule has 1 aromatic carbocycles. The largest absolute Gasteiger partial charge is 0.529 e. The van der Waals surface area contributed by atoms with Gasteiger partial charge in [-0.25, -0.2) is 0 Å². The van der Waals surface area contributed by atoms with E-state index in [0.717, 1.165) is 5.19 Å². The maximum Gasteiger partial charge on any atom is 0.372 e. The fraction of sp³-hybridized carbons (Fsp3) is 0.125. The average molecular weight is 302 g/mol. The minimum atomic E-state index is -2.62. The van der Waals surface area contributed by atoms with Gasteiger partial charge in [-0.05, 0) is 5.19 Å². The van der Waals surface area contributed by atoms with Crippen molar-refractivity contribution in [1.29, 1.82) is 0 Å². The second-order valence-electron chi connectivity index (χ2n) is 2.56. The fourth-order valence-electron chi connectivity index (χ4n) is 0.627. The highest BCUT2D eigenvalue weighted by molar-refractivity contribution is 7.69. The van der Waals surface area contributed by atoms with Gasteiger partial charge < -0.3 is 4.43 Å². The maximum atomic E-state index is 9.62. The number of carbonyl (C=O) groups is 1. The monoisotopic (exact) mass is 300 g/mol. The molecular weight excluding hydrogens is 291 g/mol. The Morgan fingerprint density at radius 3 is 1.87 bits per heavy atom. The number of hydrogen-bond acceptors (Lipinski definition) is 2. The lowest BCUT2D eigenvalue weighted by atomic mass is 10.4. The highest BCUT2D eigenvalue weighted by Crippen LogP contribution is 2.18. The van der Waals surface area contributed by atoms with E-state index < -0.39 is 6.00 Å². The van der Waals surface area contributed by atoms with E-state index in [1.807, 2.05) is 30.3 Å². The molecule has 0 N–H and O–H groups in total. The lowest BCUT2D eigenvalue weighted by Gasteiger charge is -2.05. The molecule has 7 heteroatoms. The molecule has 0 bridgehead atoms. The van der Waals surface area contributed by atoms with Gasteiger partial charge in [-0.15, -0.1) is 33.2 Å². The summed E-state index contributed by atoms with van der Waals surface area (Å²) in [6, 6.07) is 6.68. The first kappa shape index (κ1) is 15.0. The second-order valence-corrected chi connectivity index (χ2v) is 11.4. The first-order chi connectivity index (χ1) is 6.88. The van der Waals surface area contributed by atoms with Crippen LogP contribution in [0.4, 0.5) is 0 Å². The standard InChI is InChI=1S/C6H5Cl3Si.C2H6O2Si/c7-10(8,9)6-4-2-1-3-5-6;1-2(3)4-5/h1-5H;1,5H3. The van der Waals surface area contributed by atoms with Crippen molar-refractivity contribution in [2.75, 3.05) is 0 Å². The van der Waals surface area contributed by atoms with Crippen LogP contribution in [0.1, 0.15) is 6.92 Å². The van der Waals surface area contributed by atoms with Crippen LogP contribution in [0.15, 0.2) is 30.3 Å². The molecule has 0 fully saturated rings. The van der Waals surface area contributed by atoms with E-state index in [2.05, 4.69) is 4.43 Å². The summed E-state index contributed by atoms with van der Waals surface area (Å²) in [5, 5.41) is 0.833. The summed E-state index contributed by atoms with van der Waals surface area (Å²) >= 11 is 17.2. The molecule has 0 atom stereocenters. The fourth-order valence-corrected chi connectivity index (χ4v) is 2.33. The van der Waals surface area contributed by atoms with Gasteiger partial charge >= 0.3 is 6.00 Å². The van der Waals surface area contributed by atoms with Gasteiger partial charge in [0.1, 0.15) is 0 Å². The molecule has 15 heavy (non-hydrogen) atoms. The van der Waals surface area contributed by atoms with Crippen molar-refractivity contribution in [3.05, 3.63) is 30.3 Å². The lowest BCUT2D eigenvalue weighted by Crippen LogP contribution is -2.29. The lowest BCUT2D eigenvalue weighted by molar-refractivity contribution is -0.131. The van der Waals surface area contributed by atoms with Crippen LogP contribution in [0.3, 0.4) is 0 Å². The normalized spacial score (nSPS) is 10.1. The minimum Gasteiger partial charge on any atom is -0.529 e. The molecule has 0 aliphatic rings. The number of benzene rings is 1. The third-order valence-electron chi connectivity index (χ3n) is 1.39. The van der Waals surface area contributed by atoms with Gasteiger partial charge in [0.2, 0.25) is 10.5 Å². The van der Waals surface area contributed by atoms with Gasteiger partial charge in [0.15, 0.2) is 0 Å². The quantitative estimate of drug-likeness (QED) is 0.579. The Labute approximate surface area is 107 Å². The maximum absolute atomic E-state index is 9.62. The van der Waals surface area contributed by atoms with Gasteiger partial charge in [-0.2, -0.15) is 0 Å². The number of rotatable bonds is 1. The van der Waals surface area contributed by atoms with Crippen LogP contribution in [0.5, 0.6) is 0 Å². The molecule has 0 amide bonds. The van der Waals surface area contributed by atoms with Crippen LogP contribution in [-0.2, 0) is 9.22 Å². The summed E-state index contributed by atoms with van der Waals surface area (Å²) in [4.78, 5) is 9.62. The molecule has 0 heterocycles. The average Bonchev–Trinajstić information content (AvgIpc) is 2.19. The zero-order valence-corrected chi connectivity index (χ0v) is 13.6. The van der Waals surface area contributed by atoms with E-state index in [4.69, 9.17) is 33.2 Å². The van der Waals surface area contributed by atoms with Crippen molar-refractivity contribution < 1.29 is 9.22 Å². The zero-order chi connectivity index (χ0) is 11.9. The van der Waals surface area contributed by atoms with Gasteiger partial charge in [0, 0.05) is 6.92 Å². The van der Waals surface area contributed by atoms with Crippen molar-refractivity contribution in [2.45, 2.75) is 6.92 Å². The van der Waals surface area contributed by atoms with E-state index in [1.54, 1.807) is 0 Å². The van der Waals surface area contributed by atoms with E-state index in [1.165, 1.54) is 6.92 Å². The highest BCUT2D eigenvalue weighted by atomic mass is 35.8. The van der Waals surface area contributed by atoms with Crippen molar-refractivity contribution >= 4 is 60.9 Å². The van der Waals surface area contributed by atoms with Crippen molar-refractivity contribution in [3.63, 3.8) is 0 Å². The molecule has 0 aliphatic carbocycles. The summed E-state index contributed by atoms with van der Waals surface area (Å²) in [6.45, 7) is 1.40. The first-order valence-electron chi connectivity index (χ1n) is 4.04. The smallest absolute Gasteiger partial charge is 0.372 e. The van der Waals surface area contributed by atoms with Gasteiger partial charge in [0.05, 0.1) is 0 Å². The second kappa shape index (κ2) is 7.30. The highest BCUT2D eigenvalue weighted by Gasteiger charge is 2.26. The Hall–Kier alpha value is -0.00623. The first-order valence-corrected chi connectivity index (χ1v) is 9.90. The van der Waals surface area contributed by atoms with E-state index in [-0.39, 0.29) is 5.97 Å². The molecular formula is C8H11Cl3O2Si2. The Morgan fingerprint density at radius 1 is 1.27 bits per heavy atom. The molecule has 2 nitrogen and oxygen atoms in total. The minimum absolute atomic E-state index is 0.184. The molecule has 0 aromatic heterocycles. The zero-order valence-electron chi connectivity index (χ0n) is 8.34. The van der Waals surface area contributed by atoms with Crippen LogP contribution in [0, 0.1) is 0 Å². The molecule has 0 spiro atoms. The van der Waals surface area contributed by atoms with Crippen LogP contribution >= 0.6 is 33.2 Å². The topological polar surface area (TPSA) is 26.3 Å². The predicted molar refractivity (Wildman–Crippen MR) is 71.1 cm³/mol. The van der Waals surface area contributed by atoms with Gasteiger partial charge in [0.25, 0.3) is 5.97 Å². The number of halogens is 3. The number of carbonyl (C=O) groups excluding carboxylic acids is 1. The Morgan fingerprint density at radius 2 is 1.67 bits per heavy atom. The molecule has 0 unspecified atom stereocenters. The van der Waals surface area contributed by atoms with Gasteiger partial charge in [-0.3, -0.25) is 4.79 Å². The van der Waals surface area contributed by atoms with Crippen molar-refractivity contribution in [1.82, 2.24) is 0 Å². The van der Waals surface area contributed by atoms with Crippen LogP contribution in [0.2, 0.25) is 0 Å². The van der Waals surface area contributed by atoms with Crippen molar-refractivity contribution in [3.8, 4) is 0 Å². The third kappa shape index (κ3) is 7.87. The molecule has 0 saturated carbocycles. The van der Waals surface area contributed by atoms with E-state index in [0.29, 0.717) is 10.5 Å². The molecule has 0 aliphatic heterocycles. The molecule has 84 valence electrons. The predicted octanol–water partition coefficient (Wildman–Crippen LogP) is 1.38. The summed E-state index contributed by atoms with van der Waals surface area (Å²) < 4.78 is 4.25. The SMILES string of the molecule is CC(=O)O[SiH3].Cl[Si](Cl)(Cl)c1ccccc1. The Balaban J connectivity index is 0.000000336.